The number of carbonyl (C=O) groups is 2. The maximum absolute atomic E-state index is 12.6. The van der Waals surface area contributed by atoms with Gasteiger partial charge in [-0.25, -0.2) is 0 Å². The Bertz CT molecular complexity index is 757. The molecule has 1 aromatic carbocycles. The van der Waals surface area contributed by atoms with Gasteiger partial charge in [0, 0.05) is 13.0 Å². The molecular weight excluding hydrogens is 332 g/mol. The van der Waals surface area contributed by atoms with E-state index in [0.717, 1.165) is 17.1 Å². The van der Waals surface area contributed by atoms with E-state index in [1.54, 1.807) is 17.2 Å². The highest BCUT2D eigenvalue weighted by atomic mass is 16.5. The third-order valence-corrected chi connectivity index (χ3v) is 4.54. The minimum atomic E-state index is -0.338. The second-order valence-corrected chi connectivity index (χ2v) is 6.49. The maximum Gasteiger partial charge on any atom is 0.225 e. The van der Waals surface area contributed by atoms with Gasteiger partial charge in [0.1, 0.15) is 11.5 Å². The molecule has 26 heavy (non-hydrogen) atoms. The summed E-state index contributed by atoms with van der Waals surface area (Å²) < 4.78 is 10.8. The van der Waals surface area contributed by atoms with E-state index in [0.29, 0.717) is 19.7 Å². The zero-order valence-corrected chi connectivity index (χ0v) is 15.1. The van der Waals surface area contributed by atoms with Crippen molar-refractivity contribution in [3.05, 3.63) is 54.0 Å². The molecule has 0 bridgehead atoms. The van der Waals surface area contributed by atoms with E-state index < -0.39 is 0 Å². The van der Waals surface area contributed by atoms with Crippen molar-refractivity contribution in [3.63, 3.8) is 0 Å². The van der Waals surface area contributed by atoms with Crippen LogP contribution in [0.25, 0.3) is 0 Å². The van der Waals surface area contributed by atoms with Crippen molar-refractivity contribution in [1.29, 1.82) is 0 Å². The molecule has 1 aliphatic heterocycles. The number of likely N-dealkylation sites (tertiary alicyclic amines) is 1. The molecule has 0 radical (unpaired) electrons. The lowest BCUT2D eigenvalue weighted by Crippen LogP contribution is -2.34. The number of benzene rings is 1. The van der Waals surface area contributed by atoms with E-state index in [-0.39, 0.29) is 30.2 Å². The van der Waals surface area contributed by atoms with Crippen molar-refractivity contribution in [2.75, 3.05) is 13.2 Å². The molecule has 138 valence electrons. The lowest BCUT2D eigenvalue weighted by atomic mass is 10.0. The van der Waals surface area contributed by atoms with Gasteiger partial charge in [-0.05, 0) is 43.7 Å². The number of nitrogens with one attached hydrogen (secondary N) is 1. The Kier molecular flexibility index (Phi) is 5.61. The van der Waals surface area contributed by atoms with E-state index in [1.807, 2.05) is 44.2 Å². The molecule has 6 nitrogen and oxygen atoms in total. The van der Waals surface area contributed by atoms with Crippen LogP contribution in [0.15, 0.2) is 47.1 Å². The quantitative estimate of drug-likeness (QED) is 0.828. The smallest absolute Gasteiger partial charge is 0.225 e. The van der Waals surface area contributed by atoms with E-state index >= 15 is 0 Å². The number of ether oxygens (including phenoxy) is 1. The monoisotopic (exact) mass is 356 g/mol. The predicted molar refractivity (Wildman–Crippen MR) is 96.4 cm³/mol. The van der Waals surface area contributed by atoms with E-state index in [2.05, 4.69) is 5.32 Å². The Balaban J connectivity index is 1.57. The lowest BCUT2D eigenvalue weighted by Gasteiger charge is -2.18. The first-order chi connectivity index (χ1) is 12.6. The molecular formula is C20H24N2O4. The third kappa shape index (κ3) is 4.25. The molecule has 1 N–H and O–H groups in total. The van der Waals surface area contributed by atoms with Crippen LogP contribution < -0.4 is 10.1 Å². The van der Waals surface area contributed by atoms with E-state index in [9.17, 15) is 9.59 Å². The molecule has 1 fully saturated rings. The lowest BCUT2D eigenvalue weighted by molar-refractivity contribution is -0.129. The number of hydrogen-bond acceptors (Lipinski definition) is 4. The summed E-state index contributed by atoms with van der Waals surface area (Å²) >= 11 is 0. The van der Waals surface area contributed by atoms with Crippen LogP contribution in [0.5, 0.6) is 5.75 Å². The first kappa shape index (κ1) is 18.0. The fraction of sp³-hybridized carbons (Fsp3) is 0.400. The largest absolute Gasteiger partial charge is 0.494 e. The Morgan fingerprint density at radius 2 is 2.23 bits per heavy atom. The molecule has 1 aromatic heterocycles. The molecule has 2 amide bonds. The number of amides is 2. The normalized spacial score (nSPS) is 18.0. The SMILES string of the molecule is CCOc1cccc(C(C)NC(=O)C2CC(=O)N(Cc3ccco3)C2)c1. The molecule has 2 atom stereocenters. The van der Waals surface area contributed by atoms with Gasteiger partial charge in [0.05, 0.1) is 31.4 Å². The van der Waals surface area contributed by atoms with Crippen molar-refractivity contribution in [2.24, 2.45) is 5.92 Å². The van der Waals surface area contributed by atoms with Gasteiger partial charge >= 0.3 is 0 Å². The van der Waals surface area contributed by atoms with Crippen molar-refractivity contribution in [3.8, 4) is 5.75 Å². The Hall–Kier alpha value is -2.76. The van der Waals surface area contributed by atoms with Crippen molar-refractivity contribution in [2.45, 2.75) is 32.9 Å². The molecule has 0 spiro atoms. The summed E-state index contributed by atoms with van der Waals surface area (Å²) in [6.45, 7) is 5.28. The van der Waals surface area contributed by atoms with Crippen LogP contribution >= 0.6 is 0 Å². The maximum atomic E-state index is 12.6. The fourth-order valence-electron chi connectivity index (χ4n) is 3.15. The molecule has 0 aliphatic carbocycles. The molecule has 2 heterocycles. The summed E-state index contributed by atoms with van der Waals surface area (Å²) in [6, 6.07) is 11.1. The molecule has 1 saturated heterocycles. The summed E-state index contributed by atoms with van der Waals surface area (Å²) in [5.74, 6) is 1.05. The topological polar surface area (TPSA) is 71.8 Å². The van der Waals surface area contributed by atoms with Crippen LogP contribution in [0.3, 0.4) is 0 Å². The first-order valence-electron chi connectivity index (χ1n) is 8.90. The van der Waals surface area contributed by atoms with Crippen LogP contribution in [0, 0.1) is 5.92 Å². The number of carbonyl (C=O) groups excluding carboxylic acids is 2. The van der Waals surface area contributed by atoms with Gasteiger partial charge in [-0.15, -0.1) is 0 Å². The highest BCUT2D eigenvalue weighted by Gasteiger charge is 2.35. The van der Waals surface area contributed by atoms with Gasteiger partial charge in [0.15, 0.2) is 0 Å². The summed E-state index contributed by atoms with van der Waals surface area (Å²) in [5, 5.41) is 3.01. The second kappa shape index (κ2) is 8.08. The molecule has 2 unspecified atom stereocenters. The third-order valence-electron chi connectivity index (χ3n) is 4.54. The van der Waals surface area contributed by atoms with Crippen LogP contribution in [-0.2, 0) is 16.1 Å². The second-order valence-electron chi connectivity index (χ2n) is 6.49. The number of rotatable bonds is 7. The predicted octanol–water partition coefficient (Wildman–Crippen LogP) is 2.90. The average Bonchev–Trinajstić information content (AvgIpc) is 3.26. The molecule has 2 aromatic rings. The average molecular weight is 356 g/mol. The highest BCUT2D eigenvalue weighted by Crippen LogP contribution is 2.23. The standard InChI is InChI=1S/C20H24N2O4/c1-3-25-17-7-4-6-15(10-17)14(2)21-20(24)16-11-19(23)22(12-16)13-18-8-5-9-26-18/h4-10,14,16H,3,11-13H2,1-2H3,(H,21,24). The molecule has 0 saturated carbocycles. The van der Waals surface area contributed by atoms with Crippen LogP contribution in [-0.4, -0.2) is 29.9 Å². The van der Waals surface area contributed by atoms with Crippen molar-refractivity contribution in [1.82, 2.24) is 10.2 Å². The van der Waals surface area contributed by atoms with Gasteiger partial charge in [-0.3, -0.25) is 9.59 Å². The summed E-state index contributed by atoms with van der Waals surface area (Å²) in [5.41, 5.74) is 0.973. The van der Waals surface area contributed by atoms with E-state index in [1.165, 1.54) is 0 Å². The zero-order chi connectivity index (χ0) is 18.5. The van der Waals surface area contributed by atoms with E-state index in [4.69, 9.17) is 9.15 Å². The van der Waals surface area contributed by atoms with Gasteiger partial charge in [0.2, 0.25) is 11.8 Å². The fourth-order valence-corrected chi connectivity index (χ4v) is 3.15. The van der Waals surface area contributed by atoms with Gasteiger partial charge < -0.3 is 19.4 Å². The summed E-state index contributed by atoms with van der Waals surface area (Å²) in [4.78, 5) is 26.4. The van der Waals surface area contributed by atoms with Crippen LogP contribution in [0.2, 0.25) is 0 Å². The number of furan rings is 1. The Morgan fingerprint density at radius 3 is 2.96 bits per heavy atom. The first-order valence-corrected chi connectivity index (χ1v) is 8.90. The highest BCUT2D eigenvalue weighted by molar-refractivity contribution is 5.89. The molecule has 1 aliphatic rings. The van der Waals surface area contributed by atoms with Crippen molar-refractivity contribution < 1.29 is 18.7 Å². The summed E-state index contributed by atoms with van der Waals surface area (Å²) in [7, 11) is 0. The number of hydrogen-bond donors (Lipinski definition) is 1. The minimum absolute atomic E-state index is 0.0208. The molecule has 6 heteroatoms. The summed E-state index contributed by atoms with van der Waals surface area (Å²) in [6.07, 6.45) is 1.82. The zero-order valence-electron chi connectivity index (χ0n) is 15.1. The van der Waals surface area contributed by atoms with Gasteiger partial charge in [-0.2, -0.15) is 0 Å². The molecule has 3 rings (SSSR count). The van der Waals surface area contributed by atoms with Crippen LogP contribution in [0.1, 0.15) is 37.6 Å². The number of nitrogens with zero attached hydrogens (tertiary/aromatic N) is 1. The van der Waals surface area contributed by atoms with Crippen molar-refractivity contribution >= 4 is 11.8 Å². The van der Waals surface area contributed by atoms with Gasteiger partial charge in [0.25, 0.3) is 0 Å². The minimum Gasteiger partial charge on any atom is -0.494 e. The van der Waals surface area contributed by atoms with Gasteiger partial charge in [-0.1, -0.05) is 12.1 Å². The Morgan fingerprint density at radius 1 is 1.38 bits per heavy atom. The van der Waals surface area contributed by atoms with Crippen LogP contribution in [0.4, 0.5) is 0 Å². The Labute approximate surface area is 153 Å².